The molecule has 0 saturated carbocycles. The zero-order valence-electron chi connectivity index (χ0n) is 10.8. The van der Waals surface area contributed by atoms with Crippen molar-refractivity contribution in [3.63, 3.8) is 0 Å². The summed E-state index contributed by atoms with van der Waals surface area (Å²) in [4.78, 5) is 1.18. The van der Waals surface area contributed by atoms with Crippen molar-refractivity contribution >= 4 is 43.2 Å². The van der Waals surface area contributed by atoms with Crippen LogP contribution in [0.3, 0.4) is 0 Å². The van der Waals surface area contributed by atoms with Crippen molar-refractivity contribution in [3.8, 4) is 0 Å². The molecular weight excluding hydrogens is 402 g/mol. The van der Waals surface area contributed by atoms with Gasteiger partial charge >= 0.3 is 0 Å². The van der Waals surface area contributed by atoms with E-state index in [4.69, 9.17) is 10.5 Å². The fraction of sp³-hybridized carbons (Fsp3) is 0.333. The first-order valence-electron chi connectivity index (χ1n) is 6.55. The molecule has 0 bridgehead atoms. The van der Waals surface area contributed by atoms with E-state index in [2.05, 4.69) is 62.2 Å². The fourth-order valence-electron chi connectivity index (χ4n) is 2.56. The largest absolute Gasteiger partial charge is 0.373 e. The topological polar surface area (TPSA) is 35.2 Å². The highest BCUT2D eigenvalue weighted by molar-refractivity contribution is 9.13. The van der Waals surface area contributed by atoms with E-state index >= 15 is 0 Å². The molecule has 1 aliphatic rings. The molecule has 20 heavy (non-hydrogen) atoms. The van der Waals surface area contributed by atoms with Gasteiger partial charge in [0.2, 0.25) is 0 Å². The number of fused-ring (bicyclic) bond motifs is 1. The Morgan fingerprint density at radius 1 is 1.35 bits per heavy atom. The number of rotatable bonds is 3. The lowest BCUT2D eigenvalue weighted by molar-refractivity contribution is 0.0322. The van der Waals surface area contributed by atoms with Crippen LogP contribution in [0.4, 0.5) is 0 Å². The summed E-state index contributed by atoms with van der Waals surface area (Å²) < 4.78 is 8.09. The van der Waals surface area contributed by atoms with Crippen LogP contribution in [0, 0.1) is 0 Å². The maximum absolute atomic E-state index is 6.35. The third kappa shape index (κ3) is 3.02. The molecule has 0 radical (unpaired) electrons. The van der Waals surface area contributed by atoms with Crippen LogP contribution in [0.2, 0.25) is 0 Å². The van der Waals surface area contributed by atoms with Gasteiger partial charge in [0.05, 0.1) is 16.5 Å². The molecule has 2 unspecified atom stereocenters. The maximum atomic E-state index is 6.35. The number of halogens is 2. The summed E-state index contributed by atoms with van der Waals surface area (Å²) >= 11 is 8.71. The summed E-state index contributed by atoms with van der Waals surface area (Å²) in [5.74, 6) is 0. The monoisotopic (exact) mass is 415 g/mol. The first kappa shape index (κ1) is 14.7. The molecule has 1 aliphatic heterocycles. The molecule has 106 valence electrons. The lowest BCUT2D eigenvalue weighted by Crippen LogP contribution is -2.21. The summed E-state index contributed by atoms with van der Waals surface area (Å²) in [6, 6.07) is 10.6. The average Bonchev–Trinajstić information content (AvgIpc) is 2.79. The van der Waals surface area contributed by atoms with Gasteiger partial charge in [0.25, 0.3) is 0 Å². The second kappa shape index (κ2) is 6.28. The molecule has 2 N–H and O–H groups in total. The normalized spacial score (nSPS) is 19.6. The molecular formula is C15H15Br2NOS. The highest BCUT2D eigenvalue weighted by atomic mass is 79.9. The quantitative estimate of drug-likeness (QED) is 0.765. The summed E-state index contributed by atoms with van der Waals surface area (Å²) in [7, 11) is 0. The summed E-state index contributed by atoms with van der Waals surface area (Å²) in [5, 5.41) is 0. The smallest absolute Gasteiger partial charge is 0.0846 e. The van der Waals surface area contributed by atoms with Crippen LogP contribution >= 0.6 is 43.2 Å². The van der Waals surface area contributed by atoms with E-state index in [9.17, 15) is 0 Å². The third-order valence-electron chi connectivity index (χ3n) is 3.59. The van der Waals surface area contributed by atoms with E-state index in [0.29, 0.717) is 0 Å². The second-order valence-electron chi connectivity index (χ2n) is 4.92. The Morgan fingerprint density at radius 2 is 2.15 bits per heavy atom. The van der Waals surface area contributed by atoms with Crippen LogP contribution in [-0.2, 0) is 11.2 Å². The van der Waals surface area contributed by atoms with Gasteiger partial charge in [-0.3, -0.25) is 0 Å². The van der Waals surface area contributed by atoms with Gasteiger partial charge in [0.1, 0.15) is 0 Å². The molecule has 3 rings (SSSR count). The van der Waals surface area contributed by atoms with Gasteiger partial charge in [-0.15, -0.1) is 11.3 Å². The first-order chi connectivity index (χ1) is 9.65. The van der Waals surface area contributed by atoms with Crippen molar-refractivity contribution in [2.24, 2.45) is 5.73 Å². The Morgan fingerprint density at radius 3 is 2.90 bits per heavy atom. The van der Waals surface area contributed by atoms with Gasteiger partial charge in [0, 0.05) is 15.4 Å². The lowest BCUT2D eigenvalue weighted by Gasteiger charge is -2.27. The van der Waals surface area contributed by atoms with Crippen molar-refractivity contribution in [1.29, 1.82) is 0 Å². The minimum Gasteiger partial charge on any atom is -0.373 e. The fourth-order valence-corrected chi connectivity index (χ4v) is 4.67. The summed E-state index contributed by atoms with van der Waals surface area (Å²) in [5.41, 5.74) is 9.04. The van der Waals surface area contributed by atoms with Crippen LogP contribution in [-0.4, -0.2) is 6.61 Å². The third-order valence-corrected chi connectivity index (χ3v) is 6.98. The van der Waals surface area contributed by atoms with Crippen LogP contribution < -0.4 is 5.73 Å². The number of ether oxygens (including phenoxy) is 1. The minimum atomic E-state index is -0.00115. The van der Waals surface area contributed by atoms with E-state index in [1.807, 2.05) is 0 Å². The van der Waals surface area contributed by atoms with E-state index < -0.39 is 0 Å². The molecule has 0 aliphatic carbocycles. The molecule has 1 aromatic carbocycles. The molecule has 0 fully saturated rings. The standard InChI is InChI=1S/C15H15Br2NOS/c16-11-7-14(20-15(11)17)12(18)8-13-10-4-2-1-3-9(10)5-6-19-13/h1-4,7,12-13H,5-6,8,18H2. The van der Waals surface area contributed by atoms with Crippen molar-refractivity contribution < 1.29 is 4.74 Å². The van der Waals surface area contributed by atoms with Crippen molar-refractivity contribution in [1.82, 2.24) is 0 Å². The second-order valence-corrected chi connectivity index (χ2v) is 8.18. The number of hydrogen-bond donors (Lipinski definition) is 1. The van der Waals surface area contributed by atoms with E-state index in [0.717, 1.165) is 27.7 Å². The zero-order valence-corrected chi connectivity index (χ0v) is 14.8. The zero-order chi connectivity index (χ0) is 14.1. The summed E-state index contributed by atoms with van der Waals surface area (Å²) in [6.45, 7) is 0.784. The Bertz CT molecular complexity index is 594. The molecule has 2 heterocycles. The molecule has 0 saturated heterocycles. The minimum absolute atomic E-state index is 0.00115. The molecule has 1 aromatic heterocycles. The van der Waals surface area contributed by atoms with Gasteiger partial charge in [-0.2, -0.15) is 0 Å². The number of hydrogen-bond acceptors (Lipinski definition) is 3. The van der Waals surface area contributed by atoms with E-state index in [1.165, 1.54) is 16.0 Å². The number of thiophene rings is 1. The number of benzene rings is 1. The highest BCUT2D eigenvalue weighted by Crippen LogP contribution is 2.39. The average molecular weight is 417 g/mol. The predicted octanol–water partition coefficient (Wildman–Crippen LogP) is 4.98. The molecule has 2 nitrogen and oxygen atoms in total. The Labute approximate surface area is 139 Å². The lowest BCUT2D eigenvalue weighted by atomic mass is 9.93. The SMILES string of the molecule is NC(CC1OCCc2ccccc21)c1cc(Br)c(Br)s1. The van der Waals surface area contributed by atoms with Gasteiger partial charge in [-0.25, -0.2) is 0 Å². The molecule has 0 amide bonds. The van der Waals surface area contributed by atoms with Crippen LogP contribution in [0.15, 0.2) is 38.6 Å². The van der Waals surface area contributed by atoms with Gasteiger partial charge in [-0.05, 0) is 61.9 Å². The van der Waals surface area contributed by atoms with E-state index in [-0.39, 0.29) is 12.1 Å². The Balaban J connectivity index is 1.78. The van der Waals surface area contributed by atoms with E-state index in [1.54, 1.807) is 11.3 Å². The van der Waals surface area contributed by atoms with Crippen LogP contribution in [0.1, 0.15) is 34.6 Å². The number of nitrogens with two attached hydrogens (primary N) is 1. The van der Waals surface area contributed by atoms with Crippen molar-refractivity contribution in [2.45, 2.75) is 25.0 Å². The van der Waals surface area contributed by atoms with Crippen molar-refractivity contribution in [2.75, 3.05) is 6.61 Å². The molecule has 2 aromatic rings. The van der Waals surface area contributed by atoms with Crippen LogP contribution in [0.5, 0.6) is 0 Å². The predicted molar refractivity (Wildman–Crippen MR) is 90.1 cm³/mol. The summed E-state index contributed by atoms with van der Waals surface area (Å²) in [6.07, 6.45) is 1.92. The Hall–Kier alpha value is -0.200. The Kier molecular flexibility index (Phi) is 4.62. The molecule has 2 atom stereocenters. The highest BCUT2D eigenvalue weighted by Gasteiger charge is 2.24. The van der Waals surface area contributed by atoms with Gasteiger partial charge < -0.3 is 10.5 Å². The molecule has 5 heteroatoms. The van der Waals surface area contributed by atoms with Gasteiger partial charge in [0.15, 0.2) is 0 Å². The first-order valence-corrected chi connectivity index (χ1v) is 8.95. The van der Waals surface area contributed by atoms with Crippen molar-refractivity contribution in [3.05, 3.63) is 54.6 Å². The van der Waals surface area contributed by atoms with Crippen LogP contribution in [0.25, 0.3) is 0 Å². The molecule has 0 spiro atoms. The van der Waals surface area contributed by atoms with Gasteiger partial charge in [-0.1, -0.05) is 24.3 Å². The maximum Gasteiger partial charge on any atom is 0.0846 e.